The second-order valence-electron chi connectivity index (χ2n) is 4.71. The Morgan fingerprint density at radius 2 is 1.85 bits per heavy atom. The van der Waals surface area contributed by atoms with E-state index >= 15 is 0 Å². The number of hydrogen-bond acceptors (Lipinski definition) is 3. The summed E-state index contributed by atoms with van der Waals surface area (Å²) in [5.41, 5.74) is 0.325. The van der Waals surface area contributed by atoms with Crippen molar-refractivity contribution in [3.8, 4) is 11.8 Å². The number of amides is 2. The second-order valence-corrected chi connectivity index (χ2v) is 4.71. The van der Waals surface area contributed by atoms with Crippen molar-refractivity contribution in [3.05, 3.63) is 29.6 Å². The maximum Gasteiger partial charge on any atom is 0.237 e. The minimum Gasteiger partial charge on any atom is -0.384 e. The Balaban J connectivity index is 2.38. The molecule has 0 radical (unpaired) electrons. The zero-order valence-electron chi connectivity index (χ0n) is 11.2. The molecule has 0 bridgehead atoms. The highest BCUT2D eigenvalue weighted by Crippen LogP contribution is 2.31. The maximum atomic E-state index is 13.8. The van der Waals surface area contributed by atoms with Crippen molar-refractivity contribution in [2.45, 2.75) is 13.8 Å². The molecular formula is C15H14FNO3. The Hall–Kier alpha value is -2.19. The summed E-state index contributed by atoms with van der Waals surface area (Å²) in [5, 5.41) is 8.58. The quantitative estimate of drug-likeness (QED) is 0.621. The van der Waals surface area contributed by atoms with Crippen molar-refractivity contribution < 1.29 is 19.1 Å². The van der Waals surface area contributed by atoms with Gasteiger partial charge in [-0.15, -0.1) is 0 Å². The van der Waals surface area contributed by atoms with E-state index in [0.717, 1.165) is 11.0 Å². The van der Waals surface area contributed by atoms with E-state index in [-0.39, 0.29) is 29.7 Å². The number of nitrogens with zero attached hydrogens (tertiary/aromatic N) is 1. The number of imide groups is 1. The van der Waals surface area contributed by atoms with Gasteiger partial charge in [0, 0.05) is 11.8 Å². The fourth-order valence-corrected chi connectivity index (χ4v) is 2.08. The molecule has 1 aliphatic rings. The smallest absolute Gasteiger partial charge is 0.237 e. The monoisotopic (exact) mass is 275 g/mol. The molecular weight excluding hydrogens is 261 g/mol. The van der Waals surface area contributed by atoms with Crippen molar-refractivity contribution in [2.24, 2.45) is 11.8 Å². The van der Waals surface area contributed by atoms with E-state index in [1.54, 1.807) is 13.8 Å². The zero-order valence-corrected chi connectivity index (χ0v) is 11.2. The normalized spacial score (nSPS) is 21.9. The standard InChI is InChI=1S/C15H14FNO3/c1-9-10(2)15(20)17(14(9)19)12-6-5-11(4-3-7-18)13(16)8-12/h5-6,8-10,18H,7H2,1-2H3. The van der Waals surface area contributed by atoms with E-state index in [2.05, 4.69) is 11.8 Å². The van der Waals surface area contributed by atoms with Crippen LogP contribution in [-0.4, -0.2) is 23.5 Å². The molecule has 2 unspecified atom stereocenters. The van der Waals surface area contributed by atoms with Crippen molar-refractivity contribution in [2.75, 3.05) is 11.5 Å². The first-order valence-corrected chi connectivity index (χ1v) is 6.24. The minimum absolute atomic E-state index is 0.114. The lowest BCUT2D eigenvalue weighted by Gasteiger charge is -2.14. The zero-order chi connectivity index (χ0) is 14.9. The highest BCUT2D eigenvalue weighted by molar-refractivity contribution is 6.21. The van der Waals surface area contributed by atoms with Gasteiger partial charge in [-0.05, 0) is 18.2 Å². The molecule has 1 N–H and O–H groups in total. The first-order valence-electron chi connectivity index (χ1n) is 6.24. The van der Waals surface area contributed by atoms with Gasteiger partial charge in [0.15, 0.2) is 0 Å². The number of halogens is 1. The molecule has 0 saturated carbocycles. The summed E-state index contributed by atoms with van der Waals surface area (Å²) in [6.07, 6.45) is 0. The van der Waals surface area contributed by atoms with Crippen LogP contribution in [-0.2, 0) is 9.59 Å². The van der Waals surface area contributed by atoms with Crippen molar-refractivity contribution in [1.82, 2.24) is 0 Å². The number of carbonyl (C=O) groups is 2. The van der Waals surface area contributed by atoms with Gasteiger partial charge in [0.05, 0.1) is 11.3 Å². The Morgan fingerprint density at radius 1 is 1.25 bits per heavy atom. The van der Waals surface area contributed by atoms with E-state index < -0.39 is 17.7 Å². The topological polar surface area (TPSA) is 57.6 Å². The molecule has 4 nitrogen and oxygen atoms in total. The summed E-state index contributed by atoms with van der Waals surface area (Å²) >= 11 is 0. The minimum atomic E-state index is -0.628. The molecule has 20 heavy (non-hydrogen) atoms. The first-order chi connectivity index (χ1) is 9.47. The number of anilines is 1. The summed E-state index contributed by atoms with van der Waals surface area (Å²) in [6, 6.07) is 3.98. The molecule has 1 aromatic rings. The molecule has 1 saturated heterocycles. The van der Waals surface area contributed by atoms with Gasteiger partial charge in [-0.3, -0.25) is 9.59 Å². The Kier molecular flexibility index (Phi) is 3.86. The van der Waals surface area contributed by atoms with Crippen molar-refractivity contribution in [1.29, 1.82) is 0 Å². The summed E-state index contributed by atoms with van der Waals surface area (Å²) in [6.45, 7) is 3.00. The molecule has 0 aromatic heterocycles. The number of carbonyl (C=O) groups excluding carboxylic acids is 2. The Labute approximate surface area is 116 Å². The lowest BCUT2D eigenvalue weighted by atomic mass is 10.00. The summed E-state index contributed by atoms with van der Waals surface area (Å²) in [7, 11) is 0. The van der Waals surface area contributed by atoms with Crippen molar-refractivity contribution >= 4 is 17.5 Å². The molecule has 1 aromatic carbocycles. The molecule has 2 rings (SSSR count). The van der Waals surface area contributed by atoms with Gasteiger partial charge in [0.1, 0.15) is 12.4 Å². The van der Waals surface area contributed by atoms with E-state index in [1.165, 1.54) is 12.1 Å². The van der Waals surface area contributed by atoms with Crippen LogP contribution in [0.25, 0.3) is 0 Å². The molecule has 1 fully saturated rings. The third kappa shape index (κ3) is 2.30. The van der Waals surface area contributed by atoms with Crippen LogP contribution < -0.4 is 4.90 Å². The molecule has 0 spiro atoms. The molecule has 0 aliphatic carbocycles. The number of aliphatic hydroxyl groups excluding tert-OH is 1. The van der Waals surface area contributed by atoms with Crippen LogP contribution in [0.2, 0.25) is 0 Å². The van der Waals surface area contributed by atoms with Crippen molar-refractivity contribution in [3.63, 3.8) is 0 Å². The van der Waals surface area contributed by atoms with Crippen LogP contribution in [0.4, 0.5) is 10.1 Å². The average molecular weight is 275 g/mol. The van der Waals surface area contributed by atoms with E-state index in [4.69, 9.17) is 5.11 Å². The molecule has 104 valence electrons. The lowest BCUT2D eigenvalue weighted by molar-refractivity contribution is -0.122. The predicted molar refractivity (Wildman–Crippen MR) is 71.2 cm³/mol. The van der Waals surface area contributed by atoms with Gasteiger partial charge < -0.3 is 5.11 Å². The first kappa shape index (κ1) is 14.2. The van der Waals surface area contributed by atoms with Crippen LogP contribution in [0.3, 0.4) is 0 Å². The lowest BCUT2D eigenvalue weighted by Crippen LogP contribution is -2.30. The van der Waals surface area contributed by atoms with Crippen LogP contribution in [0, 0.1) is 29.5 Å². The Bertz CT molecular complexity index is 610. The molecule has 2 amide bonds. The van der Waals surface area contributed by atoms with Crippen LogP contribution in [0.1, 0.15) is 19.4 Å². The molecule has 1 aliphatic heterocycles. The fraction of sp³-hybridized carbons (Fsp3) is 0.333. The summed E-state index contributed by atoms with van der Waals surface area (Å²) < 4.78 is 13.8. The average Bonchev–Trinajstić information content (AvgIpc) is 2.62. The number of hydrogen-bond donors (Lipinski definition) is 1. The van der Waals surface area contributed by atoms with E-state index in [0.29, 0.717) is 0 Å². The van der Waals surface area contributed by atoms with Gasteiger partial charge in [-0.2, -0.15) is 0 Å². The molecule has 1 heterocycles. The number of aliphatic hydroxyl groups is 1. The third-order valence-corrected chi connectivity index (χ3v) is 3.48. The SMILES string of the molecule is CC1C(=O)N(c2ccc(C#CCO)c(F)c2)C(=O)C1C. The van der Waals surface area contributed by atoms with E-state index in [1.807, 2.05) is 0 Å². The highest BCUT2D eigenvalue weighted by Gasteiger charge is 2.43. The maximum absolute atomic E-state index is 13.8. The molecule has 5 heteroatoms. The fourth-order valence-electron chi connectivity index (χ4n) is 2.08. The Morgan fingerprint density at radius 3 is 2.35 bits per heavy atom. The van der Waals surface area contributed by atoms with Crippen LogP contribution >= 0.6 is 0 Å². The van der Waals surface area contributed by atoms with Crippen LogP contribution in [0.15, 0.2) is 18.2 Å². The third-order valence-electron chi connectivity index (χ3n) is 3.48. The van der Waals surface area contributed by atoms with Crippen LogP contribution in [0.5, 0.6) is 0 Å². The largest absolute Gasteiger partial charge is 0.384 e. The van der Waals surface area contributed by atoms with Gasteiger partial charge >= 0.3 is 0 Å². The van der Waals surface area contributed by atoms with E-state index in [9.17, 15) is 14.0 Å². The number of rotatable bonds is 1. The van der Waals surface area contributed by atoms with Gasteiger partial charge in [0.2, 0.25) is 11.8 Å². The van der Waals surface area contributed by atoms with Gasteiger partial charge in [-0.25, -0.2) is 9.29 Å². The summed E-state index contributed by atoms with van der Waals surface area (Å²) in [4.78, 5) is 25.0. The summed E-state index contributed by atoms with van der Waals surface area (Å²) in [5.74, 6) is 2.72. The predicted octanol–water partition coefficient (Wildman–Crippen LogP) is 1.31. The van der Waals surface area contributed by atoms with Gasteiger partial charge in [-0.1, -0.05) is 25.7 Å². The van der Waals surface area contributed by atoms with Gasteiger partial charge in [0.25, 0.3) is 0 Å². The number of benzene rings is 1. The highest BCUT2D eigenvalue weighted by atomic mass is 19.1. The molecule has 2 atom stereocenters. The second kappa shape index (κ2) is 5.43.